The van der Waals surface area contributed by atoms with E-state index in [4.69, 9.17) is 0 Å². The van der Waals surface area contributed by atoms with Crippen LogP contribution >= 0.6 is 22.6 Å². The molecule has 1 amide bonds. The second kappa shape index (κ2) is 2.66. The largest absolute Gasteiger partial charge is 0.355 e. The smallest absolute Gasteiger partial charge is 0.220 e. The normalized spacial score (nSPS) is 29.6. The Labute approximate surface area is 62.2 Å². The van der Waals surface area contributed by atoms with Crippen molar-refractivity contribution in [2.24, 2.45) is 0 Å². The molecule has 0 bridgehead atoms. The Bertz CT molecular complexity index is 94.6. The fraction of sp³-hybridized carbons (Fsp3) is 0.800. The first-order valence-corrected chi connectivity index (χ1v) is 3.94. The fourth-order valence-corrected chi connectivity index (χ4v) is 1.23. The van der Waals surface area contributed by atoms with Crippen LogP contribution < -0.4 is 5.32 Å². The molecule has 1 atom stereocenters. The monoisotopic (exact) mass is 225 g/mol. The van der Waals surface area contributed by atoms with Gasteiger partial charge >= 0.3 is 0 Å². The number of carbonyl (C=O) groups is 1. The van der Waals surface area contributed by atoms with E-state index in [0.29, 0.717) is 10.3 Å². The standard InChI is InChI=1S/C5H8INO/c6-4-1-2-5(8)7-3-4/h4H,1-3H2,(H,7,8). The van der Waals surface area contributed by atoms with Gasteiger partial charge in [0.05, 0.1) is 0 Å². The van der Waals surface area contributed by atoms with Crippen LogP contribution in [0.1, 0.15) is 12.8 Å². The van der Waals surface area contributed by atoms with E-state index < -0.39 is 0 Å². The third kappa shape index (κ3) is 1.61. The van der Waals surface area contributed by atoms with Gasteiger partial charge in [0, 0.05) is 16.9 Å². The lowest BCUT2D eigenvalue weighted by atomic mass is 10.2. The highest BCUT2D eigenvalue weighted by Crippen LogP contribution is 2.10. The van der Waals surface area contributed by atoms with Gasteiger partial charge in [0.15, 0.2) is 0 Å². The summed E-state index contributed by atoms with van der Waals surface area (Å²) in [6, 6.07) is 0. The summed E-state index contributed by atoms with van der Waals surface area (Å²) >= 11 is 2.35. The maximum atomic E-state index is 10.5. The van der Waals surface area contributed by atoms with Crippen LogP contribution in [0.5, 0.6) is 0 Å². The predicted molar refractivity (Wildman–Crippen MR) is 40.1 cm³/mol. The number of amides is 1. The van der Waals surface area contributed by atoms with Crippen LogP contribution in [0.15, 0.2) is 0 Å². The van der Waals surface area contributed by atoms with E-state index >= 15 is 0 Å². The van der Waals surface area contributed by atoms with Crippen molar-refractivity contribution in [2.45, 2.75) is 16.8 Å². The third-order valence-corrected chi connectivity index (χ3v) is 2.27. The van der Waals surface area contributed by atoms with E-state index in [1.807, 2.05) is 0 Å². The molecule has 1 rings (SSSR count). The van der Waals surface area contributed by atoms with Crippen LogP contribution in [0.2, 0.25) is 0 Å². The SMILES string of the molecule is O=C1CCC(I)CN1. The Morgan fingerprint density at radius 3 is 2.88 bits per heavy atom. The van der Waals surface area contributed by atoms with Crippen molar-refractivity contribution in [3.8, 4) is 0 Å². The average Bonchev–Trinajstić information content (AvgIpc) is 1.77. The molecular weight excluding hydrogens is 217 g/mol. The molecule has 1 aliphatic heterocycles. The van der Waals surface area contributed by atoms with Crippen molar-refractivity contribution < 1.29 is 4.79 Å². The summed E-state index contributed by atoms with van der Waals surface area (Å²) in [6.45, 7) is 0.861. The van der Waals surface area contributed by atoms with Gasteiger partial charge in [-0.05, 0) is 6.42 Å². The molecule has 2 nitrogen and oxygen atoms in total. The zero-order valence-electron chi connectivity index (χ0n) is 4.48. The number of carbonyl (C=O) groups excluding carboxylic acids is 1. The highest BCUT2D eigenvalue weighted by Gasteiger charge is 2.13. The summed E-state index contributed by atoms with van der Waals surface area (Å²) in [5.41, 5.74) is 0. The van der Waals surface area contributed by atoms with Crippen molar-refractivity contribution in [1.82, 2.24) is 5.32 Å². The van der Waals surface area contributed by atoms with Crippen LogP contribution in [-0.2, 0) is 4.79 Å². The van der Waals surface area contributed by atoms with Crippen LogP contribution in [0.3, 0.4) is 0 Å². The Morgan fingerprint density at radius 2 is 2.50 bits per heavy atom. The first kappa shape index (κ1) is 6.32. The van der Waals surface area contributed by atoms with Crippen LogP contribution in [0.4, 0.5) is 0 Å². The lowest BCUT2D eigenvalue weighted by Crippen LogP contribution is -2.34. The average molecular weight is 225 g/mol. The molecule has 0 aromatic heterocycles. The lowest BCUT2D eigenvalue weighted by molar-refractivity contribution is -0.122. The minimum atomic E-state index is 0.206. The van der Waals surface area contributed by atoms with Gasteiger partial charge < -0.3 is 5.32 Å². The molecular formula is C5H8INO. The Hall–Kier alpha value is 0.200. The summed E-state index contributed by atoms with van der Waals surface area (Å²) in [6.07, 6.45) is 1.76. The molecule has 1 aliphatic rings. The summed E-state index contributed by atoms with van der Waals surface area (Å²) in [7, 11) is 0. The molecule has 1 heterocycles. The van der Waals surface area contributed by atoms with E-state index in [0.717, 1.165) is 13.0 Å². The first-order chi connectivity index (χ1) is 3.79. The molecule has 0 aromatic rings. The maximum absolute atomic E-state index is 10.5. The van der Waals surface area contributed by atoms with Crippen molar-refractivity contribution in [3.05, 3.63) is 0 Å². The number of hydrogen-bond donors (Lipinski definition) is 1. The van der Waals surface area contributed by atoms with Gasteiger partial charge in [-0.25, -0.2) is 0 Å². The van der Waals surface area contributed by atoms with Crippen molar-refractivity contribution in [2.75, 3.05) is 6.54 Å². The molecule has 0 spiro atoms. The lowest BCUT2D eigenvalue weighted by Gasteiger charge is -2.15. The quantitative estimate of drug-likeness (QED) is 0.477. The summed E-state index contributed by atoms with van der Waals surface area (Å²) in [4.78, 5) is 10.5. The highest BCUT2D eigenvalue weighted by atomic mass is 127. The van der Waals surface area contributed by atoms with Crippen LogP contribution in [0.25, 0.3) is 0 Å². The Balaban J connectivity index is 2.29. The topological polar surface area (TPSA) is 29.1 Å². The number of rotatable bonds is 0. The van der Waals surface area contributed by atoms with E-state index in [2.05, 4.69) is 27.9 Å². The van der Waals surface area contributed by atoms with E-state index in [1.54, 1.807) is 0 Å². The van der Waals surface area contributed by atoms with Gasteiger partial charge in [-0.2, -0.15) is 0 Å². The number of piperidine rings is 1. The molecule has 3 heteroatoms. The molecule has 1 N–H and O–H groups in total. The third-order valence-electron chi connectivity index (χ3n) is 1.21. The second-order valence-corrected chi connectivity index (χ2v) is 3.70. The minimum Gasteiger partial charge on any atom is -0.355 e. The summed E-state index contributed by atoms with van der Waals surface area (Å²) in [5.74, 6) is 0.206. The van der Waals surface area contributed by atoms with Gasteiger partial charge in [0.25, 0.3) is 0 Å². The van der Waals surface area contributed by atoms with Gasteiger partial charge in [0.2, 0.25) is 5.91 Å². The fourth-order valence-electron chi connectivity index (χ4n) is 0.703. The number of hydrogen-bond acceptors (Lipinski definition) is 1. The molecule has 0 radical (unpaired) electrons. The highest BCUT2D eigenvalue weighted by molar-refractivity contribution is 14.1. The minimum absolute atomic E-state index is 0.206. The molecule has 1 fully saturated rings. The van der Waals surface area contributed by atoms with E-state index in [9.17, 15) is 4.79 Å². The molecule has 1 unspecified atom stereocenters. The predicted octanol–water partition coefficient (Wildman–Crippen LogP) is 0.700. The van der Waals surface area contributed by atoms with Crippen molar-refractivity contribution in [1.29, 1.82) is 0 Å². The van der Waals surface area contributed by atoms with Gasteiger partial charge in [-0.15, -0.1) is 0 Å². The van der Waals surface area contributed by atoms with E-state index in [-0.39, 0.29) is 5.91 Å². The number of alkyl halides is 1. The zero-order chi connectivity index (χ0) is 5.98. The summed E-state index contributed by atoms with van der Waals surface area (Å²) < 4.78 is 0.658. The van der Waals surface area contributed by atoms with Crippen molar-refractivity contribution >= 4 is 28.5 Å². The zero-order valence-corrected chi connectivity index (χ0v) is 6.64. The molecule has 0 aromatic carbocycles. The second-order valence-electron chi connectivity index (χ2n) is 1.94. The van der Waals surface area contributed by atoms with Gasteiger partial charge in [0.1, 0.15) is 0 Å². The number of halogens is 1. The van der Waals surface area contributed by atoms with Crippen LogP contribution in [-0.4, -0.2) is 16.4 Å². The first-order valence-electron chi connectivity index (χ1n) is 2.70. The molecule has 1 saturated heterocycles. The Kier molecular flexibility index (Phi) is 2.10. The molecule has 8 heavy (non-hydrogen) atoms. The van der Waals surface area contributed by atoms with E-state index in [1.165, 1.54) is 0 Å². The summed E-state index contributed by atoms with van der Waals surface area (Å²) in [5, 5.41) is 2.79. The van der Waals surface area contributed by atoms with Crippen molar-refractivity contribution in [3.63, 3.8) is 0 Å². The number of nitrogens with one attached hydrogen (secondary N) is 1. The molecule has 0 aliphatic carbocycles. The van der Waals surface area contributed by atoms with Gasteiger partial charge in [-0.3, -0.25) is 4.79 Å². The maximum Gasteiger partial charge on any atom is 0.220 e. The van der Waals surface area contributed by atoms with Crippen LogP contribution in [0, 0.1) is 0 Å². The molecule has 0 saturated carbocycles. The molecule has 46 valence electrons. The Morgan fingerprint density at radius 1 is 1.75 bits per heavy atom. The van der Waals surface area contributed by atoms with Gasteiger partial charge in [-0.1, -0.05) is 22.6 Å².